The molecule has 2 aromatic carbocycles. The van der Waals surface area contributed by atoms with E-state index in [4.69, 9.17) is 14.7 Å². The second-order valence-corrected chi connectivity index (χ2v) is 10.5. The van der Waals surface area contributed by atoms with Gasteiger partial charge in [-0.1, -0.05) is 19.9 Å². The first-order chi connectivity index (χ1) is 17.9. The number of aliphatic imine (C=N–C) groups is 1. The normalized spacial score (nSPS) is 17.5. The number of amides is 1. The van der Waals surface area contributed by atoms with E-state index in [9.17, 15) is 13.2 Å². The van der Waals surface area contributed by atoms with Crippen LogP contribution in [0.5, 0.6) is 11.5 Å². The fourth-order valence-electron chi connectivity index (χ4n) is 4.44. The molecule has 0 radical (unpaired) electrons. The van der Waals surface area contributed by atoms with Gasteiger partial charge in [0.2, 0.25) is 0 Å². The summed E-state index contributed by atoms with van der Waals surface area (Å²) in [5.41, 5.74) is 7.47. The van der Waals surface area contributed by atoms with Crippen LogP contribution in [0.1, 0.15) is 36.4 Å². The minimum Gasteiger partial charge on any atom is -0.497 e. The number of halogens is 1. The van der Waals surface area contributed by atoms with Crippen LogP contribution in [0.4, 0.5) is 4.39 Å². The average molecular weight is 541 g/mol. The minimum atomic E-state index is -3.85. The molecule has 0 fully saturated rings. The van der Waals surface area contributed by atoms with Crippen LogP contribution in [-0.4, -0.2) is 50.6 Å². The fourth-order valence-corrected chi connectivity index (χ4v) is 4.89. The number of guanidine groups is 1. The van der Waals surface area contributed by atoms with Gasteiger partial charge in [0, 0.05) is 30.1 Å². The molecule has 38 heavy (non-hydrogen) atoms. The SMILES string of the molecule is CCc1cc(C2(c3ccc(F)c(-c4cc(OC)cc(OS(C)(=O)=O)c4)c3)N=C(N)N(C)C2=O)cc(CC)n1. The van der Waals surface area contributed by atoms with Gasteiger partial charge >= 0.3 is 10.1 Å². The lowest BCUT2D eigenvalue weighted by molar-refractivity contribution is -0.129. The van der Waals surface area contributed by atoms with E-state index in [2.05, 4.69) is 9.98 Å². The Balaban J connectivity index is 1.98. The molecule has 200 valence electrons. The molecule has 0 aliphatic carbocycles. The maximum Gasteiger partial charge on any atom is 0.306 e. The van der Waals surface area contributed by atoms with Crippen LogP contribution in [0.15, 0.2) is 53.5 Å². The minimum absolute atomic E-state index is 0.0269. The van der Waals surface area contributed by atoms with E-state index in [1.807, 2.05) is 26.0 Å². The van der Waals surface area contributed by atoms with Gasteiger partial charge in [0.25, 0.3) is 5.91 Å². The highest BCUT2D eigenvalue weighted by Crippen LogP contribution is 2.42. The Bertz CT molecular complexity index is 1530. The third-order valence-electron chi connectivity index (χ3n) is 6.37. The molecule has 4 rings (SSSR count). The summed E-state index contributed by atoms with van der Waals surface area (Å²) < 4.78 is 49.1. The van der Waals surface area contributed by atoms with Crippen molar-refractivity contribution >= 4 is 22.0 Å². The molecule has 11 heteroatoms. The van der Waals surface area contributed by atoms with Gasteiger partial charge in [0.1, 0.15) is 17.3 Å². The lowest BCUT2D eigenvalue weighted by atomic mass is 9.81. The van der Waals surface area contributed by atoms with Gasteiger partial charge in [-0.2, -0.15) is 8.42 Å². The monoisotopic (exact) mass is 540 g/mol. The van der Waals surface area contributed by atoms with E-state index in [1.165, 1.54) is 49.4 Å². The van der Waals surface area contributed by atoms with Crippen LogP contribution in [-0.2, 0) is 33.3 Å². The van der Waals surface area contributed by atoms with Crippen LogP contribution >= 0.6 is 0 Å². The number of methoxy groups -OCH3 is 1. The van der Waals surface area contributed by atoms with Gasteiger partial charge in [-0.25, -0.2) is 9.38 Å². The van der Waals surface area contributed by atoms with Crippen molar-refractivity contribution in [3.05, 3.63) is 76.9 Å². The van der Waals surface area contributed by atoms with Gasteiger partial charge in [0.15, 0.2) is 11.5 Å². The number of likely N-dealkylation sites (N-methyl/N-ethyl adjacent to an activating group) is 1. The number of carbonyl (C=O) groups is 1. The van der Waals surface area contributed by atoms with Crippen LogP contribution < -0.4 is 14.7 Å². The molecule has 1 atom stereocenters. The standard InChI is InChI=1S/C27H29FN4O5S/c1-6-19-12-18(13-20(7-2)30-19)27(25(33)32(3)26(29)31-27)17-8-9-24(28)23(14-17)16-10-21(36-4)15-22(11-16)37-38(5,34)35/h8-15H,6-7H2,1-5H3,(H2,29,31). The summed E-state index contributed by atoms with van der Waals surface area (Å²) in [6, 6.07) is 12.2. The summed E-state index contributed by atoms with van der Waals surface area (Å²) in [7, 11) is -0.915. The van der Waals surface area contributed by atoms with E-state index >= 15 is 4.39 Å². The van der Waals surface area contributed by atoms with E-state index in [0.717, 1.165) is 17.6 Å². The second-order valence-electron chi connectivity index (χ2n) is 8.97. The molecule has 3 aromatic rings. The molecule has 1 aliphatic rings. The van der Waals surface area contributed by atoms with E-state index < -0.39 is 27.4 Å². The first-order valence-corrected chi connectivity index (χ1v) is 13.8. The molecule has 0 spiro atoms. The smallest absolute Gasteiger partial charge is 0.306 e. The predicted molar refractivity (Wildman–Crippen MR) is 142 cm³/mol. The van der Waals surface area contributed by atoms with Crippen molar-refractivity contribution < 1.29 is 26.5 Å². The Morgan fingerprint density at radius 1 is 1.00 bits per heavy atom. The number of nitrogens with two attached hydrogens (primary N) is 1. The molecule has 0 saturated carbocycles. The molecule has 1 amide bonds. The maximum atomic E-state index is 15.3. The van der Waals surface area contributed by atoms with Crippen molar-refractivity contribution in [2.24, 2.45) is 10.7 Å². The summed E-state index contributed by atoms with van der Waals surface area (Å²) in [4.78, 5) is 24.3. The van der Waals surface area contributed by atoms with Crippen molar-refractivity contribution in [2.45, 2.75) is 32.2 Å². The van der Waals surface area contributed by atoms with Crippen molar-refractivity contribution in [3.8, 4) is 22.6 Å². The number of pyridine rings is 1. The highest BCUT2D eigenvalue weighted by molar-refractivity contribution is 7.86. The predicted octanol–water partition coefficient (Wildman–Crippen LogP) is 3.39. The number of hydrogen-bond donors (Lipinski definition) is 1. The molecule has 2 N–H and O–H groups in total. The van der Waals surface area contributed by atoms with Crippen molar-refractivity contribution in [1.82, 2.24) is 9.88 Å². The van der Waals surface area contributed by atoms with Crippen LogP contribution in [0.25, 0.3) is 11.1 Å². The van der Waals surface area contributed by atoms with Gasteiger partial charge in [0.05, 0.1) is 13.4 Å². The quantitative estimate of drug-likeness (QED) is 0.434. The average Bonchev–Trinajstić information content (AvgIpc) is 3.12. The largest absolute Gasteiger partial charge is 0.497 e. The van der Waals surface area contributed by atoms with Gasteiger partial charge in [-0.05, 0) is 65.9 Å². The third-order valence-corrected chi connectivity index (χ3v) is 6.87. The third kappa shape index (κ3) is 4.93. The number of carbonyl (C=O) groups excluding carboxylic acids is 1. The summed E-state index contributed by atoms with van der Waals surface area (Å²) in [5, 5.41) is 0. The van der Waals surface area contributed by atoms with Crippen LogP contribution in [0.2, 0.25) is 0 Å². The number of nitrogens with zero attached hydrogens (tertiary/aromatic N) is 3. The zero-order valence-electron chi connectivity index (χ0n) is 21.8. The first kappa shape index (κ1) is 27.1. The Hall–Kier alpha value is -3.99. The number of benzene rings is 2. The molecule has 0 bridgehead atoms. The zero-order valence-corrected chi connectivity index (χ0v) is 22.6. The molecular weight excluding hydrogens is 511 g/mol. The number of aromatic nitrogens is 1. The Morgan fingerprint density at radius 3 is 2.16 bits per heavy atom. The Kier molecular flexibility index (Phi) is 7.16. The maximum absolute atomic E-state index is 15.3. The van der Waals surface area contributed by atoms with Crippen LogP contribution in [0.3, 0.4) is 0 Å². The Morgan fingerprint density at radius 2 is 1.63 bits per heavy atom. The molecule has 1 aliphatic heterocycles. The summed E-state index contributed by atoms with van der Waals surface area (Å²) in [6.45, 7) is 3.93. The molecular formula is C27H29FN4O5S. The van der Waals surface area contributed by atoms with Gasteiger partial charge in [-0.15, -0.1) is 0 Å². The second kappa shape index (κ2) is 10.1. The van der Waals surface area contributed by atoms with Gasteiger partial charge < -0.3 is 14.7 Å². The zero-order chi connectivity index (χ0) is 27.8. The van der Waals surface area contributed by atoms with E-state index in [1.54, 1.807) is 6.07 Å². The van der Waals surface area contributed by atoms with E-state index in [-0.39, 0.29) is 28.6 Å². The first-order valence-electron chi connectivity index (χ1n) is 11.9. The fraction of sp³-hybridized carbons (Fsp3) is 0.296. The summed E-state index contributed by atoms with van der Waals surface area (Å²) >= 11 is 0. The number of ether oxygens (including phenoxy) is 1. The van der Waals surface area contributed by atoms with Gasteiger partial charge in [-0.3, -0.25) is 14.7 Å². The Labute approximate surface area is 221 Å². The summed E-state index contributed by atoms with van der Waals surface area (Å²) in [6.07, 6.45) is 2.19. The molecule has 1 aromatic heterocycles. The highest BCUT2D eigenvalue weighted by Gasteiger charge is 2.50. The summed E-state index contributed by atoms with van der Waals surface area (Å²) in [5.74, 6) is -0.756. The molecule has 2 heterocycles. The highest BCUT2D eigenvalue weighted by atomic mass is 32.2. The van der Waals surface area contributed by atoms with Crippen molar-refractivity contribution in [3.63, 3.8) is 0 Å². The number of hydrogen-bond acceptors (Lipinski definition) is 8. The van der Waals surface area contributed by atoms with Crippen LogP contribution in [0, 0.1) is 5.82 Å². The molecule has 1 unspecified atom stereocenters. The molecule has 0 saturated heterocycles. The molecule has 9 nitrogen and oxygen atoms in total. The lowest BCUT2D eigenvalue weighted by Gasteiger charge is -2.27. The number of aryl methyl sites for hydroxylation is 2. The van der Waals surface area contributed by atoms with Crippen molar-refractivity contribution in [2.75, 3.05) is 20.4 Å². The van der Waals surface area contributed by atoms with E-state index in [0.29, 0.717) is 24.0 Å². The van der Waals surface area contributed by atoms with Crippen molar-refractivity contribution in [1.29, 1.82) is 0 Å². The lowest BCUT2D eigenvalue weighted by Crippen LogP contribution is -2.41. The number of rotatable bonds is 8. The topological polar surface area (TPSA) is 124 Å².